The molecule has 0 unspecified atom stereocenters. The molecule has 1 N–H and O–H groups in total. The van der Waals surface area contributed by atoms with E-state index in [9.17, 15) is 9.18 Å². The summed E-state index contributed by atoms with van der Waals surface area (Å²) in [6.45, 7) is 0.949. The number of halogens is 1. The molecule has 3 aromatic rings. The summed E-state index contributed by atoms with van der Waals surface area (Å²) in [7, 11) is 1.71. The number of nitrogens with zero attached hydrogens (tertiary/aromatic N) is 2. The maximum atomic E-state index is 12.8. The van der Waals surface area contributed by atoms with Gasteiger partial charge >= 0.3 is 0 Å². The van der Waals surface area contributed by atoms with Crippen LogP contribution in [0.2, 0.25) is 0 Å². The molecule has 2 heterocycles. The molecule has 3 rings (SSSR count). The number of aromatic nitrogens is 2. The van der Waals surface area contributed by atoms with Gasteiger partial charge in [0.2, 0.25) is 0 Å². The Labute approximate surface area is 144 Å². The second kappa shape index (κ2) is 7.65. The van der Waals surface area contributed by atoms with Crippen LogP contribution in [-0.2, 0) is 0 Å². The average Bonchev–Trinajstić information content (AvgIpc) is 3.30. The van der Waals surface area contributed by atoms with Crippen LogP contribution in [0.1, 0.15) is 16.9 Å². The molecule has 7 heteroatoms. The fourth-order valence-electron chi connectivity index (χ4n) is 2.31. The Morgan fingerprint density at radius 3 is 2.84 bits per heavy atom. The molecule has 0 aliphatic rings. The third-order valence-electron chi connectivity index (χ3n) is 3.65. The number of ether oxygens (including phenoxy) is 1. The average molecular weight is 343 g/mol. The number of rotatable bonds is 7. The summed E-state index contributed by atoms with van der Waals surface area (Å²) in [5, 5.41) is 6.82. The van der Waals surface area contributed by atoms with Gasteiger partial charge in [-0.25, -0.2) is 4.39 Å². The molecule has 1 amide bonds. The minimum atomic E-state index is -0.300. The van der Waals surface area contributed by atoms with Gasteiger partial charge in [0.15, 0.2) is 11.5 Å². The monoisotopic (exact) mass is 343 g/mol. The molecule has 2 aromatic heterocycles. The van der Waals surface area contributed by atoms with Crippen LogP contribution >= 0.6 is 0 Å². The zero-order chi connectivity index (χ0) is 17.6. The van der Waals surface area contributed by atoms with Crippen molar-refractivity contribution in [3.63, 3.8) is 0 Å². The van der Waals surface area contributed by atoms with E-state index in [1.165, 1.54) is 12.1 Å². The third-order valence-corrected chi connectivity index (χ3v) is 3.65. The van der Waals surface area contributed by atoms with E-state index in [1.807, 2.05) is 0 Å². The molecule has 0 saturated heterocycles. The molecule has 0 atom stereocenters. The van der Waals surface area contributed by atoms with Gasteiger partial charge in [-0.1, -0.05) is 0 Å². The van der Waals surface area contributed by atoms with Crippen molar-refractivity contribution in [3.05, 3.63) is 60.2 Å². The molecule has 0 saturated carbocycles. The molecule has 0 aliphatic carbocycles. The van der Waals surface area contributed by atoms with E-state index in [4.69, 9.17) is 9.15 Å². The van der Waals surface area contributed by atoms with Gasteiger partial charge in [0.1, 0.15) is 17.3 Å². The summed E-state index contributed by atoms with van der Waals surface area (Å²) in [6, 6.07) is 11.1. The number of carbonyl (C=O) groups is 1. The predicted octanol–water partition coefficient (Wildman–Crippen LogP) is 3.35. The van der Waals surface area contributed by atoms with Crippen LogP contribution in [0, 0.1) is 5.82 Å². The lowest BCUT2D eigenvalue weighted by molar-refractivity contribution is 0.0782. The number of furan rings is 1. The lowest BCUT2D eigenvalue weighted by Gasteiger charge is -2.15. The van der Waals surface area contributed by atoms with Crippen molar-refractivity contribution in [3.8, 4) is 17.2 Å². The van der Waals surface area contributed by atoms with Crippen LogP contribution < -0.4 is 4.74 Å². The van der Waals surface area contributed by atoms with Crippen molar-refractivity contribution in [2.75, 3.05) is 20.2 Å². The summed E-state index contributed by atoms with van der Waals surface area (Å²) in [6.07, 6.45) is 2.21. The lowest BCUT2D eigenvalue weighted by Crippen LogP contribution is -2.29. The highest BCUT2D eigenvalue weighted by molar-refractivity contribution is 5.93. The Morgan fingerprint density at radius 1 is 1.32 bits per heavy atom. The zero-order valence-electron chi connectivity index (χ0n) is 13.7. The number of benzene rings is 1. The minimum absolute atomic E-state index is 0.184. The molecule has 6 nitrogen and oxygen atoms in total. The van der Waals surface area contributed by atoms with E-state index in [0.29, 0.717) is 42.5 Å². The van der Waals surface area contributed by atoms with Crippen LogP contribution in [0.5, 0.6) is 5.75 Å². The fraction of sp³-hybridized carbons (Fsp3) is 0.222. The Morgan fingerprint density at radius 2 is 2.12 bits per heavy atom. The van der Waals surface area contributed by atoms with Gasteiger partial charge in [0, 0.05) is 19.7 Å². The summed E-state index contributed by atoms with van der Waals surface area (Å²) in [5.41, 5.74) is 0.981. The normalized spacial score (nSPS) is 10.6. The zero-order valence-corrected chi connectivity index (χ0v) is 13.7. The third kappa shape index (κ3) is 4.26. The highest BCUT2D eigenvalue weighted by atomic mass is 19.1. The van der Waals surface area contributed by atoms with Crippen LogP contribution in [0.25, 0.3) is 11.5 Å². The number of H-pyrrole nitrogens is 1. The molecule has 0 aliphatic heterocycles. The van der Waals surface area contributed by atoms with Gasteiger partial charge in [-0.15, -0.1) is 0 Å². The first-order valence-electron chi connectivity index (χ1n) is 7.86. The van der Waals surface area contributed by atoms with Crippen LogP contribution in [0.15, 0.2) is 53.1 Å². The summed E-state index contributed by atoms with van der Waals surface area (Å²) < 4.78 is 23.6. The molecule has 0 radical (unpaired) electrons. The number of hydrogen-bond donors (Lipinski definition) is 1. The van der Waals surface area contributed by atoms with Crippen molar-refractivity contribution < 1.29 is 18.3 Å². The molecule has 0 fully saturated rings. The van der Waals surface area contributed by atoms with Crippen molar-refractivity contribution in [1.29, 1.82) is 0 Å². The second-order valence-electron chi connectivity index (χ2n) is 5.53. The van der Waals surface area contributed by atoms with Crippen molar-refractivity contribution in [1.82, 2.24) is 15.1 Å². The topological polar surface area (TPSA) is 71.4 Å². The molecule has 0 bridgehead atoms. The Hall–Kier alpha value is -3.09. The van der Waals surface area contributed by atoms with E-state index in [0.717, 1.165) is 0 Å². The summed E-state index contributed by atoms with van der Waals surface area (Å²) in [5.74, 6) is 0.745. The Kier molecular flexibility index (Phi) is 5.13. The molecule has 1 aromatic carbocycles. The number of carbonyl (C=O) groups excluding carboxylic acids is 1. The smallest absolute Gasteiger partial charge is 0.274 e. The summed E-state index contributed by atoms with van der Waals surface area (Å²) in [4.78, 5) is 13.9. The van der Waals surface area contributed by atoms with Gasteiger partial charge in [-0.05, 0) is 42.8 Å². The number of amides is 1. The van der Waals surface area contributed by atoms with E-state index in [1.54, 1.807) is 48.5 Å². The predicted molar refractivity (Wildman–Crippen MR) is 89.8 cm³/mol. The maximum absolute atomic E-state index is 12.8. The van der Waals surface area contributed by atoms with E-state index in [-0.39, 0.29) is 11.7 Å². The van der Waals surface area contributed by atoms with Gasteiger partial charge < -0.3 is 14.1 Å². The number of hydrogen-bond acceptors (Lipinski definition) is 4. The molecule has 130 valence electrons. The molecule has 0 spiro atoms. The second-order valence-corrected chi connectivity index (χ2v) is 5.53. The van der Waals surface area contributed by atoms with Crippen molar-refractivity contribution in [2.45, 2.75) is 6.42 Å². The maximum Gasteiger partial charge on any atom is 0.274 e. The van der Waals surface area contributed by atoms with Gasteiger partial charge in [-0.2, -0.15) is 5.10 Å². The SMILES string of the molecule is CN(CCCOc1ccc(F)cc1)C(=O)c1cc(-c2ccco2)[nH]n1. The first kappa shape index (κ1) is 16.8. The number of aromatic amines is 1. The summed E-state index contributed by atoms with van der Waals surface area (Å²) >= 11 is 0. The molecular weight excluding hydrogens is 325 g/mol. The fourth-order valence-corrected chi connectivity index (χ4v) is 2.31. The van der Waals surface area contributed by atoms with Gasteiger partial charge in [-0.3, -0.25) is 9.89 Å². The standard InChI is InChI=1S/C18H18FN3O3/c1-22(9-3-11-24-14-7-5-13(19)6-8-14)18(23)16-12-15(20-21-16)17-4-2-10-25-17/h2,4-8,10,12H,3,9,11H2,1H3,(H,20,21). The van der Waals surface area contributed by atoms with Crippen molar-refractivity contribution >= 4 is 5.91 Å². The Bertz CT molecular complexity index is 812. The quantitative estimate of drug-likeness (QED) is 0.668. The van der Waals surface area contributed by atoms with E-state index in [2.05, 4.69) is 10.2 Å². The van der Waals surface area contributed by atoms with Crippen molar-refractivity contribution in [2.24, 2.45) is 0 Å². The first-order valence-corrected chi connectivity index (χ1v) is 7.86. The molecular formula is C18H18FN3O3. The minimum Gasteiger partial charge on any atom is -0.494 e. The largest absolute Gasteiger partial charge is 0.494 e. The van der Waals surface area contributed by atoms with Crippen LogP contribution in [0.3, 0.4) is 0 Å². The Balaban J connectivity index is 1.47. The van der Waals surface area contributed by atoms with E-state index < -0.39 is 0 Å². The van der Waals surface area contributed by atoms with Crippen LogP contribution in [-0.4, -0.2) is 41.2 Å². The number of nitrogens with one attached hydrogen (secondary N) is 1. The lowest BCUT2D eigenvalue weighted by atomic mass is 10.3. The van der Waals surface area contributed by atoms with E-state index >= 15 is 0 Å². The first-order chi connectivity index (χ1) is 12.1. The van der Waals surface area contributed by atoms with Crippen LogP contribution in [0.4, 0.5) is 4.39 Å². The van der Waals surface area contributed by atoms with Gasteiger partial charge in [0.25, 0.3) is 5.91 Å². The molecule has 25 heavy (non-hydrogen) atoms. The van der Waals surface area contributed by atoms with Gasteiger partial charge in [0.05, 0.1) is 12.9 Å². The highest BCUT2D eigenvalue weighted by Gasteiger charge is 2.16. The highest BCUT2D eigenvalue weighted by Crippen LogP contribution is 2.18.